The molecule has 2 saturated carbocycles. The fraction of sp³-hybridized carbons (Fsp3) is 0.654. The predicted molar refractivity (Wildman–Crippen MR) is 126 cm³/mol. The van der Waals surface area contributed by atoms with Gasteiger partial charge in [-0.3, -0.25) is 9.69 Å². The topological polar surface area (TPSA) is 32.8 Å². The molecule has 4 fully saturated rings. The lowest BCUT2D eigenvalue weighted by atomic mass is 9.55. The lowest BCUT2D eigenvalue weighted by Gasteiger charge is -2.50. The standard InChI is InChI=1S/C26H35ClN2O2/c1-17-5-4-8-26(3)15-24-20(14-22(17)26)21(25(30)31-24)16-28-9-11-29(12-10-28)23-13-19(27)7-6-18(23)2/h6-7,13,20-22,24H,1,4-5,8-12,14-16H2,2-3H3/t20-,21-,22+,24+,26+/m0/s1. The summed E-state index contributed by atoms with van der Waals surface area (Å²) >= 11 is 6.23. The van der Waals surface area contributed by atoms with E-state index in [0.29, 0.717) is 11.8 Å². The van der Waals surface area contributed by atoms with Gasteiger partial charge in [-0.15, -0.1) is 0 Å². The second-order valence-corrected chi connectivity index (χ2v) is 11.1. The van der Waals surface area contributed by atoms with Crippen LogP contribution in [0.25, 0.3) is 0 Å². The van der Waals surface area contributed by atoms with Crippen molar-refractivity contribution in [1.82, 2.24) is 4.90 Å². The van der Waals surface area contributed by atoms with Crippen LogP contribution >= 0.6 is 11.6 Å². The van der Waals surface area contributed by atoms with Gasteiger partial charge >= 0.3 is 5.97 Å². The number of hydrogen-bond acceptors (Lipinski definition) is 4. The minimum absolute atomic E-state index is 0.0173. The number of aryl methyl sites for hydroxylation is 1. The number of nitrogens with zero attached hydrogens (tertiary/aromatic N) is 2. The van der Waals surface area contributed by atoms with Crippen molar-refractivity contribution in [3.63, 3.8) is 0 Å². The van der Waals surface area contributed by atoms with Gasteiger partial charge in [-0.25, -0.2) is 0 Å². The molecule has 5 rings (SSSR count). The Hall–Kier alpha value is -1.52. The smallest absolute Gasteiger partial charge is 0.310 e. The van der Waals surface area contributed by atoms with Gasteiger partial charge in [-0.1, -0.05) is 36.7 Å². The molecule has 2 aliphatic heterocycles. The molecule has 31 heavy (non-hydrogen) atoms. The van der Waals surface area contributed by atoms with E-state index in [4.69, 9.17) is 16.3 Å². The van der Waals surface area contributed by atoms with Crippen LogP contribution in [0.2, 0.25) is 5.02 Å². The van der Waals surface area contributed by atoms with Gasteiger partial charge in [0.05, 0.1) is 5.92 Å². The molecule has 0 bridgehead atoms. The Kier molecular flexibility index (Phi) is 5.58. The molecule has 5 heteroatoms. The van der Waals surface area contributed by atoms with E-state index in [1.165, 1.54) is 29.7 Å². The minimum atomic E-state index is 0.0173. The minimum Gasteiger partial charge on any atom is -0.462 e. The SMILES string of the molecule is C=C1CCC[C@]2(C)C[C@H]3OC(=O)[C@@H](CN4CCN(c5cc(Cl)ccc5C)CC4)[C@@H]3C[C@H]12. The van der Waals surface area contributed by atoms with Crippen molar-refractivity contribution in [3.05, 3.63) is 40.9 Å². The van der Waals surface area contributed by atoms with Crippen LogP contribution in [0.4, 0.5) is 5.69 Å². The molecule has 1 aromatic rings. The van der Waals surface area contributed by atoms with Gasteiger partial charge in [-0.2, -0.15) is 0 Å². The van der Waals surface area contributed by atoms with Crippen molar-refractivity contribution >= 4 is 23.3 Å². The molecule has 2 saturated heterocycles. The summed E-state index contributed by atoms with van der Waals surface area (Å²) in [5.74, 6) is 0.968. The number of benzene rings is 1. The molecule has 0 unspecified atom stereocenters. The summed E-state index contributed by atoms with van der Waals surface area (Å²) in [5, 5.41) is 0.788. The first kappa shape index (κ1) is 21.3. The van der Waals surface area contributed by atoms with Crippen LogP contribution in [0.3, 0.4) is 0 Å². The quantitative estimate of drug-likeness (QED) is 0.482. The summed E-state index contributed by atoms with van der Waals surface area (Å²) < 4.78 is 5.97. The van der Waals surface area contributed by atoms with Crippen LogP contribution in [-0.4, -0.2) is 49.7 Å². The average Bonchev–Trinajstić information content (AvgIpc) is 3.02. The van der Waals surface area contributed by atoms with Crippen molar-refractivity contribution in [2.75, 3.05) is 37.6 Å². The van der Waals surface area contributed by atoms with Gasteiger partial charge in [0.1, 0.15) is 6.10 Å². The first-order valence-electron chi connectivity index (χ1n) is 12.0. The number of rotatable bonds is 3. The number of carbonyl (C=O) groups is 1. The van der Waals surface area contributed by atoms with Gasteiger partial charge < -0.3 is 9.64 Å². The number of allylic oxidation sites excluding steroid dienone is 1. The Labute approximate surface area is 191 Å². The summed E-state index contributed by atoms with van der Waals surface area (Å²) in [6, 6.07) is 6.12. The number of anilines is 1. The molecule has 0 radical (unpaired) electrons. The maximum Gasteiger partial charge on any atom is 0.310 e. The number of esters is 1. The molecule has 168 valence electrons. The van der Waals surface area contributed by atoms with E-state index in [1.54, 1.807) is 0 Å². The Morgan fingerprint density at radius 2 is 2.03 bits per heavy atom. The molecular weight excluding hydrogens is 408 g/mol. The Balaban J connectivity index is 1.23. The lowest BCUT2D eigenvalue weighted by Crippen LogP contribution is -2.50. The number of fused-ring (bicyclic) bond motifs is 2. The lowest BCUT2D eigenvalue weighted by molar-refractivity contribution is -0.146. The fourth-order valence-corrected chi connectivity index (χ4v) is 7.00. The molecule has 2 aliphatic carbocycles. The first-order valence-corrected chi connectivity index (χ1v) is 12.3. The second-order valence-electron chi connectivity index (χ2n) is 10.6. The Morgan fingerprint density at radius 3 is 2.81 bits per heavy atom. The molecule has 0 aromatic heterocycles. The summed E-state index contributed by atoms with van der Waals surface area (Å²) in [5.41, 5.74) is 4.18. The van der Waals surface area contributed by atoms with Gasteiger partial charge in [0.25, 0.3) is 0 Å². The van der Waals surface area contributed by atoms with Gasteiger partial charge in [0.15, 0.2) is 0 Å². The third-order valence-corrected chi connectivity index (χ3v) is 8.89. The van der Waals surface area contributed by atoms with Crippen LogP contribution in [0.1, 0.15) is 44.6 Å². The average molecular weight is 443 g/mol. The fourth-order valence-electron chi connectivity index (χ4n) is 6.84. The number of piperazine rings is 1. The molecule has 2 heterocycles. The zero-order chi connectivity index (χ0) is 21.8. The summed E-state index contributed by atoms with van der Waals surface area (Å²) in [7, 11) is 0. The first-order chi connectivity index (χ1) is 14.8. The number of halogens is 1. The summed E-state index contributed by atoms with van der Waals surface area (Å²) in [6.45, 7) is 13.7. The molecule has 0 amide bonds. The highest BCUT2D eigenvalue weighted by molar-refractivity contribution is 6.30. The summed E-state index contributed by atoms with van der Waals surface area (Å²) in [6.07, 6.45) is 5.84. The van der Waals surface area contributed by atoms with E-state index in [-0.39, 0.29) is 23.4 Å². The summed E-state index contributed by atoms with van der Waals surface area (Å²) in [4.78, 5) is 17.8. The van der Waals surface area contributed by atoms with Crippen molar-refractivity contribution in [1.29, 1.82) is 0 Å². The van der Waals surface area contributed by atoms with E-state index in [1.807, 2.05) is 6.07 Å². The molecule has 0 spiro atoms. The largest absolute Gasteiger partial charge is 0.462 e. The van der Waals surface area contributed by atoms with Crippen LogP contribution < -0.4 is 4.90 Å². The number of carbonyl (C=O) groups excluding carboxylic acids is 1. The van der Waals surface area contributed by atoms with E-state index in [9.17, 15) is 4.79 Å². The number of hydrogen-bond donors (Lipinski definition) is 0. The highest BCUT2D eigenvalue weighted by atomic mass is 35.5. The zero-order valence-corrected chi connectivity index (χ0v) is 19.7. The van der Waals surface area contributed by atoms with Crippen molar-refractivity contribution < 1.29 is 9.53 Å². The number of ether oxygens (including phenoxy) is 1. The molecule has 1 aromatic carbocycles. The predicted octanol–water partition coefficient (Wildman–Crippen LogP) is 5.08. The maximum atomic E-state index is 12.9. The van der Waals surface area contributed by atoms with E-state index in [2.05, 4.69) is 42.4 Å². The molecule has 4 aliphatic rings. The van der Waals surface area contributed by atoms with Gasteiger partial charge in [0.2, 0.25) is 0 Å². The monoisotopic (exact) mass is 442 g/mol. The third kappa shape index (κ3) is 3.91. The molecular formula is C26H35ClN2O2. The van der Waals surface area contributed by atoms with E-state index >= 15 is 0 Å². The Bertz CT molecular complexity index is 878. The zero-order valence-electron chi connectivity index (χ0n) is 18.9. The van der Waals surface area contributed by atoms with Crippen LogP contribution in [-0.2, 0) is 9.53 Å². The van der Waals surface area contributed by atoms with Crippen molar-refractivity contribution in [2.24, 2.45) is 23.2 Å². The molecule has 0 N–H and O–H groups in total. The second kappa shape index (κ2) is 8.12. The highest BCUT2D eigenvalue weighted by Gasteiger charge is 2.55. The van der Waals surface area contributed by atoms with Crippen molar-refractivity contribution in [2.45, 2.75) is 52.1 Å². The van der Waals surface area contributed by atoms with Crippen LogP contribution in [0, 0.1) is 30.1 Å². The third-order valence-electron chi connectivity index (χ3n) is 8.66. The van der Waals surface area contributed by atoms with Gasteiger partial charge in [-0.05, 0) is 68.1 Å². The normalized spacial score (nSPS) is 36.2. The van der Waals surface area contributed by atoms with Crippen molar-refractivity contribution in [3.8, 4) is 0 Å². The van der Waals surface area contributed by atoms with E-state index < -0.39 is 0 Å². The molecule has 5 atom stereocenters. The highest BCUT2D eigenvalue weighted by Crippen LogP contribution is 2.56. The Morgan fingerprint density at radius 1 is 1.26 bits per heavy atom. The van der Waals surface area contributed by atoms with Crippen LogP contribution in [0.15, 0.2) is 30.4 Å². The molecule has 4 nitrogen and oxygen atoms in total. The van der Waals surface area contributed by atoms with E-state index in [0.717, 1.165) is 57.0 Å². The van der Waals surface area contributed by atoms with Crippen LogP contribution in [0.5, 0.6) is 0 Å². The maximum absolute atomic E-state index is 12.9. The van der Waals surface area contributed by atoms with Gasteiger partial charge in [0, 0.05) is 49.4 Å².